The normalized spacial score (nSPS) is 10.0. The molecular formula is C15H12ClFN2. The minimum atomic E-state index is -0.417. The molecule has 2 aromatic rings. The lowest BCUT2D eigenvalue weighted by atomic mass is 10.1. The molecule has 0 radical (unpaired) electrons. The summed E-state index contributed by atoms with van der Waals surface area (Å²) in [5, 5.41) is 8.99. The second-order valence-electron chi connectivity index (χ2n) is 4.27. The molecule has 0 aliphatic carbocycles. The molecule has 2 rings (SSSR count). The lowest BCUT2D eigenvalue weighted by Gasteiger charge is -2.19. The first-order valence-electron chi connectivity index (χ1n) is 5.75. The molecule has 0 fully saturated rings. The summed E-state index contributed by atoms with van der Waals surface area (Å²) < 4.78 is 13.1. The molecule has 19 heavy (non-hydrogen) atoms. The van der Waals surface area contributed by atoms with Gasteiger partial charge in [-0.15, -0.1) is 0 Å². The van der Waals surface area contributed by atoms with E-state index in [-0.39, 0.29) is 5.02 Å². The van der Waals surface area contributed by atoms with E-state index in [1.807, 2.05) is 30.1 Å². The zero-order valence-electron chi connectivity index (χ0n) is 10.4. The van der Waals surface area contributed by atoms with Gasteiger partial charge in [-0.25, -0.2) is 4.39 Å². The maximum absolute atomic E-state index is 13.1. The molecule has 0 N–H and O–H groups in total. The molecule has 2 nitrogen and oxygen atoms in total. The molecule has 0 bridgehead atoms. The van der Waals surface area contributed by atoms with E-state index in [2.05, 4.69) is 6.07 Å². The molecule has 0 atom stereocenters. The van der Waals surface area contributed by atoms with Crippen molar-refractivity contribution in [3.63, 3.8) is 0 Å². The number of halogens is 2. The molecule has 0 saturated heterocycles. The first-order valence-corrected chi connectivity index (χ1v) is 6.13. The van der Waals surface area contributed by atoms with Gasteiger partial charge in [0.25, 0.3) is 0 Å². The minimum absolute atomic E-state index is 0.122. The van der Waals surface area contributed by atoms with Crippen LogP contribution in [0.15, 0.2) is 42.5 Å². The molecule has 0 amide bonds. The lowest BCUT2D eigenvalue weighted by molar-refractivity contribution is 0.627. The van der Waals surface area contributed by atoms with Gasteiger partial charge in [0.05, 0.1) is 16.7 Å². The summed E-state index contributed by atoms with van der Waals surface area (Å²) in [5.74, 6) is -0.417. The molecule has 0 unspecified atom stereocenters. The highest BCUT2D eigenvalue weighted by Gasteiger charge is 2.05. The number of nitriles is 1. The predicted octanol–water partition coefficient (Wildman–Crippen LogP) is 3.99. The van der Waals surface area contributed by atoms with Crippen LogP contribution < -0.4 is 4.90 Å². The number of anilines is 1. The topological polar surface area (TPSA) is 27.0 Å². The largest absolute Gasteiger partial charge is 0.370 e. The van der Waals surface area contributed by atoms with Crippen molar-refractivity contribution in [3.8, 4) is 6.07 Å². The monoisotopic (exact) mass is 274 g/mol. The highest BCUT2D eigenvalue weighted by molar-refractivity contribution is 6.30. The summed E-state index contributed by atoms with van der Waals surface area (Å²) in [6.07, 6.45) is 0. The first-order chi connectivity index (χ1) is 9.10. The Kier molecular flexibility index (Phi) is 4.03. The molecule has 0 aliphatic rings. The van der Waals surface area contributed by atoms with Crippen LogP contribution in [0.3, 0.4) is 0 Å². The van der Waals surface area contributed by atoms with Gasteiger partial charge in [-0.2, -0.15) is 5.26 Å². The summed E-state index contributed by atoms with van der Waals surface area (Å²) in [6.45, 7) is 0.592. The van der Waals surface area contributed by atoms with Crippen molar-refractivity contribution in [3.05, 3.63) is 64.4 Å². The van der Waals surface area contributed by atoms with Crippen LogP contribution in [0.4, 0.5) is 10.1 Å². The van der Waals surface area contributed by atoms with Gasteiger partial charge in [-0.3, -0.25) is 0 Å². The van der Waals surface area contributed by atoms with Gasteiger partial charge < -0.3 is 4.90 Å². The summed E-state index contributed by atoms with van der Waals surface area (Å²) in [7, 11) is 1.91. The zero-order valence-corrected chi connectivity index (χ0v) is 11.2. The van der Waals surface area contributed by atoms with E-state index in [0.717, 1.165) is 11.3 Å². The molecule has 0 saturated carbocycles. The van der Waals surface area contributed by atoms with Crippen LogP contribution in [0.2, 0.25) is 5.02 Å². The maximum Gasteiger partial charge on any atom is 0.141 e. The van der Waals surface area contributed by atoms with Crippen molar-refractivity contribution in [2.45, 2.75) is 6.54 Å². The van der Waals surface area contributed by atoms with Crippen LogP contribution in [0.25, 0.3) is 0 Å². The van der Waals surface area contributed by atoms with E-state index in [9.17, 15) is 4.39 Å². The Morgan fingerprint density at radius 3 is 2.74 bits per heavy atom. The van der Waals surface area contributed by atoms with Crippen LogP contribution in [0, 0.1) is 17.1 Å². The van der Waals surface area contributed by atoms with Crippen LogP contribution in [0.5, 0.6) is 0 Å². The van der Waals surface area contributed by atoms with Gasteiger partial charge >= 0.3 is 0 Å². The van der Waals surface area contributed by atoms with Gasteiger partial charge in [-0.05, 0) is 35.9 Å². The van der Waals surface area contributed by atoms with Gasteiger partial charge in [0.15, 0.2) is 0 Å². The third-order valence-corrected chi connectivity index (χ3v) is 3.11. The Bertz CT molecular complexity index is 634. The van der Waals surface area contributed by atoms with Crippen LogP contribution >= 0.6 is 11.6 Å². The summed E-state index contributed by atoms with van der Waals surface area (Å²) in [6, 6.07) is 14.1. The summed E-state index contributed by atoms with van der Waals surface area (Å²) in [5.41, 5.74) is 2.46. The van der Waals surface area contributed by atoms with E-state index >= 15 is 0 Å². The quantitative estimate of drug-likeness (QED) is 0.846. The molecule has 0 spiro atoms. The number of hydrogen-bond acceptors (Lipinski definition) is 2. The Labute approximate surface area is 116 Å². The van der Waals surface area contributed by atoms with Gasteiger partial charge in [0, 0.05) is 19.3 Å². The Morgan fingerprint density at radius 2 is 2.05 bits per heavy atom. The molecule has 2 aromatic carbocycles. The second kappa shape index (κ2) is 5.73. The fraction of sp³-hybridized carbons (Fsp3) is 0.133. The van der Waals surface area contributed by atoms with Crippen LogP contribution in [-0.2, 0) is 6.54 Å². The van der Waals surface area contributed by atoms with Gasteiger partial charge in [-0.1, -0.05) is 23.7 Å². The van der Waals surface area contributed by atoms with Crippen molar-refractivity contribution in [1.29, 1.82) is 5.26 Å². The fourth-order valence-corrected chi connectivity index (χ4v) is 2.02. The molecule has 0 aromatic heterocycles. The zero-order chi connectivity index (χ0) is 13.8. The number of hydrogen-bond donors (Lipinski definition) is 0. The van der Waals surface area contributed by atoms with E-state index in [1.165, 1.54) is 6.07 Å². The highest BCUT2D eigenvalue weighted by Crippen LogP contribution is 2.20. The van der Waals surface area contributed by atoms with Gasteiger partial charge in [0.1, 0.15) is 5.82 Å². The minimum Gasteiger partial charge on any atom is -0.370 e. The number of nitrogens with zero attached hydrogens (tertiary/aromatic N) is 2. The molecule has 0 heterocycles. The van der Waals surface area contributed by atoms with Crippen LogP contribution in [-0.4, -0.2) is 7.05 Å². The average Bonchev–Trinajstić information content (AvgIpc) is 2.43. The third-order valence-electron chi connectivity index (χ3n) is 2.82. The van der Waals surface area contributed by atoms with Crippen molar-refractivity contribution in [2.75, 3.05) is 11.9 Å². The van der Waals surface area contributed by atoms with E-state index in [4.69, 9.17) is 16.9 Å². The SMILES string of the molecule is CN(Cc1ccc(F)c(Cl)c1)c1cccc(C#N)c1. The Morgan fingerprint density at radius 1 is 1.26 bits per heavy atom. The van der Waals surface area contributed by atoms with Crippen molar-refractivity contribution >= 4 is 17.3 Å². The molecule has 4 heteroatoms. The maximum atomic E-state index is 13.1. The summed E-state index contributed by atoms with van der Waals surface area (Å²) in [4.78, 5) is 1.98. The number of rotatable bonds is 3. The standard InChI is InChI=1S/C15H12ClFN2/c1-19(13-4-2-3-11(7-13)9-18)10-12-5-6-15(17)14(16)8-12/h2-8H,10H2,1H3. The fourth-order valence-electron chi connectivity index (χ4n) is 1.82. The highest BCUT2D eigenvalue weighted by atomic mass is 35.5. The van der Waals surface area contributed by atoms with E-state index in [1.54, 1.807) is 18.2 Å². The van der Waals surface area contributed by atoms with E-state index < -0.39 is 5.82 Å². The van der Waals surface area contributed by atoms with E-state index in [0.29, 0.717) is 12.1 Å². The predicted molar refractivity (Wildman–Crippen MR) is 74.7 cm³/mol. The second-order valence-corrected chi connectivity index (χ2v) is 4.67. The Balaban J connectivity index is 2.18. The van der Waals surface area contributed by atoms with Crippen molar-refractivity contribution < 1.29 is 4.39 Å². The Hall–Kier alpha value is -2.05. The smallest absolute Gasteiger partial charge is 0.141 e. The van der Waals surface area contributed by atoms with Crippen molar-refractivity contribution in [2.24, 2.45) is 0 Å². The first kappa shape index (κ1) is 13.4. The molecular weight excluding hydrogens is 263 g/mol. The molecule has 96 valence electrons. The molecule has 0 aliphatic heterocycles. The van der Waals surface area contributed by atoms with Crippen molar-refractivity contribution in [1.82, 2.24) is 0 Å². The number of benzene rings is 2. The average molecular weight is 275 g/mol. The van der Waals surface area contributed by atoms with Gasteiger partial charge in [0.2, 0.25) is 0 Å². The van der Waals surface area contributed by atoms with Crippen LogP contribution in [0.1, 0.15) is 11.1 Å². The summed E-state index contributed by atoms with van der Waals surface area (Å²) >= 11 is 5.75. The lowest BCUT2D eigenvalue weighted by Crippen LogP contribution is -2.16. The third kappa shape index (κ3) is 3.24.